The summed E-state index contributed by atoms with van der Waals surface area (Å²) in [5.41, 5.74) is 0. The third-order valence-corrected chi connectivity index (χ3v) is 6.03. The maximum atomic E-state index is 2.68. The van der Waals surface area contributed by atoms with Gasteiger partial charge in [-0.2, -0.15) is 0 Å². The first kappa shape index (κ1) is 3.66. The zero-order valence-corrected chi connectivity index (χ0v) is 5.81. The Labute approximate surface area is 45.4 Å². The van der Waals surface area contributed by atoms with Gasteiger partial charge in [-0.1, -0.05) is 0 Å². The van der Waals surface area contributed by atoms with Crippen molar-refractivity contribution >= 4 is 20.1 Å². The molecule has 2 fully saturated rings. The van der Waals surface area contributed by atoms with Gasteiger partial charge in [0.15, 0.2) is 0 Å². The molecule has 2 saturated heterocycles. The summed E-state index contributed by atoms with van der Waals surface area (Å²) in [6, 6.07) is 0. The van der Waals surface area contributed by atoms with Crippen LogP contribution in [-0.2, 0) is 0 Å². The average Bonchev–Trinajstić information content (AvgIpc) is 2.26. The maximum absolute atomic E-state index is 2.68. The molecule has 2 aliphatic heterocycles. The predicted octanol–water partition coefficient (Wildman–Crippen LogP) is 0.737. The second kappa shape index (κ2) is 1.10. The molecule has 0 unspecified atom stereocenters. The van der Waals surface area contributed by atoms with Crippen LogP contribution in [0, 0.1) is 0 Å². The van der Waals surface area contributed by atoms with Crippen molar-refractivity contribution < 1.29 is 0 Å². The molecule has 1 nitrogen and oxygen atoms in total. The quantitative estimate of drug-likeness (QED) is 0.259. The molecule has 0 aliphatic carbocycles. The third-order valence-electron chi connectivity index (χ3n) is 1.09. The van der Waals surface area contributed by atoms with Crippen LogP contribution in [-0.4, -0.2) is 25.1 Å². The molecule has 0 spiro atoms. The van der Waals surface area contributed by atoms with E-state index in [2.05, 4.69) is 3.11 Å². The molecule has 0 saturated carbocycles. The molecule has 2 heteroatoms. The number of hydrogen-bond acceptors (Lipinski definition) is 1. The van der Waals surface area contributed by atoms with Crippen molar-refractivity contribution in [3.63, 3.8) is 0 Å². The van der Waals surface area contributed by atoms with Crippen molar-refractivity contribution in [3.05, 3.63) is 0 Å². The molecule has 0 atom stereocenters. The number of hydrogen-bond donors (Lipinski definition) is 0. The summed E-state index contributed by atoms with van der Waals surface area (Å²) < 4.78 is 5.97. The number of alkyl halides is 2. The van der Waals surface area contributed by atoms with Crippen LogP contribution < -0.4 is 0 Å². The van der Waals surface area contributed by atoms with Crippen LogP contribution >= 0.6 is 20.1 Å². The van der Waals surface area contributed by atoms with E-state index in [9.17, 15) is 0 Å². The van der Waals surface area contributed by atoms with Crippen molar-refractivity contribution in [2.24, 2.45) is 0 Å². The third kappa shape index (κ3) is 0.559. The van der Waals surface area contributed by atoms with E-state index in [0.29, 0.717) is 0 Å². The molecule has 0 amide bonds. The zero-order valence-electron chi connectivity index (χ0n) is 3.65. The molecule has 36 valence electrons. The molecule has 0 aromatic carbocycles. The van der Waals surface area contributed by atoms with Gasteiger partial charge in [0.1, 0.15) is 0 Å². The van der Waals surface area contributed by atoms with Crippen LogP contribution in [0.1, 0.15) is 0 Å². The summed E-state index contributed by atoms with van der Waals surface area (Å²) in [7, 11) is 0. The van der Waals surface area contributed by atoms with Gasteiger partial charge in [0.25, 0.3) is 0 Å². The molecular formula is C4H8IN. The fraction of sp³-hybridized carbons (Fsp3) is 1.00. The van der Waals surface area contributed by atoms with Gasteiger partial charge in [0.05, 0.1) is 0 Å². The van der Waals surface area contributed by atoms with Crippen LogP contribution in [0.25, 0.3) is 0 Å². The van der Waals surface area contributed by atoms with Crippen molar-refractivity contribution in [1.29, 1.82) is 0 Å². The first-order chi connectivity index (χ1) is 2.97. The first-order valence-corrected chi connectivity index (χ1v) is 6.35. The van der Waals surface area contributed by atoms with E-state index in [1.54, 1.807) is 8.86 Å². The summed E-state index contributed by atoms with van der Waals surface area (Å²) in [5, 5.41) is 0. The Kier molecular flexibility index (Phi) is 0.669. The van der Waals surface area contributed by atoms with E-state index in [4.69, 9.17) is 0 Å². The van der Waals surface area contributed by atoms with Crippen LogP contribution in [0.4, 0.5) is 0 Å². The predicted molar refractivity (Wildman–Crippen MR) is 35.3 cm³/mol. The second-order valence-electron chi connectivity index (χ2n) is 1.72. The molecule has 0 N–H and O–H groups in total. The fourth-order valence-corrected chi connectivity index (χ4v) is 4.90. The fourth-order valence-electron chi connectivity index (χ4n) is 0.548. The monoisotopic (exact) mass is 197 g/mol. The van der Waals surface area contributed by atoms with E-state index in [-0.39, 0.29) is 20.1 Å². The molecule has 0 aromatic rings. The van der Waals surface area contributed by atoms with Crippen molar-refractivity contribution in [1.82, 2.24) is 3.11 Å². The summed E-state index contributed by atoms with van der Waals surface area (Å²) in [6.07, 6.45) is 0. The van der Waals surface area contributed by atoms with Gasteiger partial charge in [0.2, 0.25) is 0 Å². The first-order valence-electron chi connectivity index (χ1n) is 2.34. The van der Waals surface area contributed by atoms with Gasteiger partial charge in [-0.25, -0.2) is 0 Å². The summed E-state index contributed by atoms with van der Waals surface area (Å²) in [5.74, 6) is 0. The van der Waals surface area contributed by atoms with Gasteiger partial charge >= 0.3 is 45.2 Å². The molecule has 0 radical (unpaired) electrons. The zero-order chi connectivity index (χ0) is 3.98. The normalized spacial score (nSPS) is 37.0. The Morgan fingerprint density at radius 1 is 1.17 bits per heavy atom. The topological polar surface area (TPSA) is 3.01 Å². The standard InChI is InChI=1S/C4H8IN/c1-2-5(1)6-3-4-6/h1-4H2. The molecule has 6 heavy (non-hydrogen) atoms. The number of halogens is 1. The second-order valence-corrected chi connectivity index (χ2v) is 7.68. The number of rotatable bonds is 1. The molecule has 2 rings (SSSR count). The van der Waals surface area contributed by atoms with Crippen molar-refractivity contribution in [2.45, 2.75) is 0 Å². The van der Waals surface area contributed by atoms with E-state index < -0.39 is 0 Å². The van der Waals surface area contributed by atoms with E-state index >= 15 is 0 Å². The average molecular weight is 197 g/mol. The van der Waals surface area contributed by atoms with Crippen LogP contribution in [0.5, 0.6) is 0 Å². The van der Waals surface area contributed by atoms with Crippen LogP contribution in [0.3, 0.4) is 0 Å². The molecule has 2 aliphatic rings. The number of nitrogens with zero attached hydrogens (tertiary/aromatic N) is 1. The Morgan fingerprint density at radius 2 is 1.83 bits per heavy atom. The Morgan fingerprint density at radius 3 is 2.00 bits per heavy atom. The Hall–Kier alpha value is 0.690. The van der Waals surface area contributed by atoms with Crippen LogP contribution in [0.2, 0.25) is 0 Å². The van der Waals surface area contributed by atoms with Gasteiger partial charge in [-0.15, -0.1) is 0 Å². The van der Waals surface area contributed by atoms with Crippen LogP contribution in [0.15, 0.2) is 0 Å². The minimum absolute atomic E-state index is 0.190. The Balaban J connectivity index is 1.92. The van der Waals surface area contributed by atoms with Crippen molar-refractivity contribution in [3.8, 4) is 0 Å². The molecule has 0 bridgehead atoms. The molecular weight excluding hydrogens is 189 g/mol. The van der Waals surface area contributed by atoms with E-state index in [1.165, 1.54) is 13.1 Å². The summed E-state index contributed by atoms with van der Waals surface area (Å²) >= 11 is -0.190. The molecule has 2 heterocycles. The Bertz CT molecular complexity index is 55.9. The summed E-state index contributed by atoms with van der Waals surface area (Å²) in [6.45, 7) is 2.93. The van der Waals surface area contributed by atoms with E-state index in [1.807, 2.05) is 0 Å². The van der Waals surface area contributed by atoms with Gasteiger partial charge in [0, 0.05) is 0 Å². The SMILES string of the molecule is C1CN1I1CC1. The van der Waals surface area contributed by atoms with E-state index in [0.717, 1.165) is 0 Å². The molecule has 0 aromatic heterocycles. The minimum atomic E-state index is -0.190. The van der Waals surface area contributed by atoms with Gasteiger partial charge in [-0.3, -0.25) is 0 Å². The van der Waals surface area contributed by atoms with Gasteiger partial charge in [-0.05, 0) is 0 Å². The summed E-state index contributed by atoms with van der Waals surface area (Å²) in [4.78, 5) is 0. The van der Waals surface area contributed by atoms with Gasteiger partial charge < -0.3 is 0 Å². The van der Waals surface area contributed by atoms with Crippen molar-refractivity contribution in [2.75, 3.05) is 21.9 Å².